The SMILES string of the molecule is NC(=O)c1cc([C@H]2CCCN(C(=O)CCCN3C(=O)c4ccccc4C3=O)C2)[nH]n1. The zero-order valence-corrected chi connectivity index (χ0v) is 16.5. The van der Waals surface area contributed by atoms with Crippen LogP contribution >= 0.6 is 0 Å². The van der Waals surface area contributed by atoms with Crippen molar-refractivity contribution in [2.75, 3.05) is 19.6 Å². The number of carbonyl (C=O) groups is 4. The number of fused-ring (bicyclic) bond motifs is 1. The van der Waals surface area contributed by atoms with Gasteiger partial charge in [0.25, 0.3) is 17.7 Å². The summed E-state index contributed by atoms with van der Waals surface area (Å²) in [5.74, 6) is -1.13. The average Bonchev–Trinajstić information content (AvgIpc) is 3.34. The molecule has 0 saturated carbocycles. The molecule has 0 unspecified atom stereocenters. The maximum atomic E-state index is 12.7. The van der Waals surface area contributed by atoms with Crippen molar-refractivity contribution in [2.24, 2.45) is 5.73 Å². The Morgan fingerprint density at radius 2 is 1.87 bits per heavy atom. The summed E-state index contributed by atoms with van der Waals surface area (Å²) in [6.45, 7) is 1.42. The molecule has 0 spiro atoms. The Bertz CT molecular complexity index is 979. The molecule has 1 aromatic carbocycles. The van der Waals surface area contributed by atoms with Gasteiger partial charge in [-0.15, -0.1) is 0 Å². The van der Waals surface area contributed by atoms with Crippen molar-refractivity contribution in [3.05, 3.63) is 52.8 Å². The predicted molar refractivity (Wildman–Crippen MR) is 107 cm³/mol. The average molecular weight is 409 g/mol. The minimum absolute atomic E-state index is 0.00838. The zero-order valence-electron chi connectivity index (χ0n) is 16.5. The predicted octanol–water partition coefficient (Wildman–Crippen LogP) is 1.29. The molecule has 0 aliphatic carbocycles. The number of imide groups is 1. The van der Waals surface area contributed by atoms with E-state index in [4.69, 9.17) is 5.73 Å². The molecule has 9 nitrogen and oxygen atoms in total. The highest BCUT2D eigenvalue weighted by atomic mass is 16.2. The van der Waals surface area contributed by atoms with Crippen LogP contribution < -0.4 is 5.73 Å². The molecule has 156 valence electrons. The first-order valence-corrected chi connectivity index (χ1v) is 10.0. The highest BCUT2D eigenvalue weighted by molar-refractivity contribution is 6.21. The van der Waals surface area contributed by atoms with Crippen LogP contribution in [0.5, 0.6) is 0 Å². The summed E-state index contributed by atoms with van der Waals surface area (Å²) in [4.78, 5) is 51.7. The van der Waals surface area contributed by atoms with E-state index in [1.54, 1.807) is 35.2 Å². The summed E-state index contributed by atoms with van der Waals surface area (Å²) >= 11 is 0. The van der Waals surface area contributed by atoms with E-state index in [-0.39, 0.29) is 42.3 Å². The lowest BCUT2D eigenvalue weighted by Crippen LogP contribution is -2.39. The van der Waals surface area contributed by atoms with Gasteiger partial charge in [-0.25, -0.2) is 0 Å². The monoisotopic (exact) mass is 409 g/mol. The van der Waals surface area contributed by atoms with Crippen LogP contribution in [0.25, 0.3) is 0 Å². The van der Waals surface area contributed by atoms with Gasteiger partial charge in [-0.05, 0) is 37.5 Å². The number of amides is 4. The van der Waals surface area contributed by atoms with Crippen molar-refractivity contribution in [1.82, 2.24) is 20.0 Å². The number of benzene rings is 1. The van der Waals surface area contributed by atoms with E-state index in [2.05, 4.69) is 10.2 Å². The van der Waals surface area contributed by atoms with Crippen molar-refractivity contribution in [3.63, 3.8) is 0 Å². The molecule has 4 amide bonds. The number of hydrogen-bond donors (Lipinski definition) is 2. The van der Waals surface area contributed by atoms with E-state index in [0.29, 0.717) is 30.6 Å². The Morgan fingerprint density at radius 3 is 2.50 bits per heavy atom. The van der Waals surface area contributed by atoms with Crippen molar-refractivity contribution >= 4 is 23.6 Å². The first kappa shape index (κ1) is 19.8. The molecule has 9 heteroatoms. The lowest BCUT2D eigenvalue weighted by Gasteiger charge is -2.32. The normalized spacial score (nSPS) is 18.6. The maximum Gasteiger partial charge on any atom is 0.269 e. The minimum atomic E-state index is -0.589. The Labute approximate surface area is 173 Å². The van der Waals surface area contributed by atoms with E-state index >= 15 is 0 Å². The first-order valence-electron chi connectivity index (χ1n) is 10.0. The van der Waals surface area contributed by atoms with Gasteiger partial charge >= 0.3 is 0 Å². The van der Waals surface area contributed by atoms with Crippen LogP contribution in [0.15, 0.2) is 30.3 Å². The van der Waals surface area contributed by atoms with Crippen LogP contribution in [0.4, 0.5) is 0 Å². The van der Waals surface area contributed by atoms with Crippen molar-refractivity contribution in [2.45, 2.75) is 31.6 Å². The summed E-state index contributed by atoms with van der Waals surface area (Å²) in [5, 5.41) is 6.76. The molecule has 2 aromatic rings. The molecule has 1 fully saturated rings. The maximum absolute atomic E-state index is 12.7. The van der Waals surface area contributed by atoms with Crippen LogP contribution in [0.2, 0.25) is 0 Å². The topological polar surface area (TPSA) is 129 Å². The van der Waals surface area contributed by atoms with E-state index in [1.807, 2.05) is 0 Å². The van der Waals surface area contributed by atoms with Crippen LogP contribution in [-0.4, -0.2) is 63.3 Å². The summed E-state index contributed by atoms with van der Waals surface area (Å²) in [6.07, 6.45) is 2.41. The number of aromatic nitrogens is 2. The number of primary amides is 1. The van der Waals surface area contributed by atoms with Gasteiger partial charge in [0.15, 0.2) is 0 Å². The third kappa shape index (κ3) is 3.70. The van der Waals surface area contributed by atoms with Crippen molar-refractivity contribution < 1.29 is 19.2 Å². The lowest BCUT2D eigenvalue weighted by molar-refractivity contribution is -0.132. The number of rotatable bonds is 6. The van der Waals surface area contributed by atoms with Crippen molar-refractivity contribution in [1.29, 1.82) is 0 Å². The fourth-order valence-electron chi connectivity index (χ4n) is 4.12. The van der Waals surface area contributed by atoms with Gasteiger partial charge in [0.1, 0.15) is 5.69 Å². The van der Waals surface area contributed by atoms with Gasteiger partial charge in [0, 0.05) is 37.7 Å². The van der Waals surface area contributed by atoms with Gasteiger partial charge in [0.2, 0.25) is 5.91 Å². The largest absolute Gasteiger partial charge is 0.364 e. The van der Waals surface area contributed by atoms with Gasteiger partial charge < -0.3 is 10.6 Å². The Hall–Kier alpha value is -3.49. The van der Waals surface area contributed by atoms with Gasteiger partial charge in [-0.2, -0.15) is 5.10 Å². The van der Waals surface area contributed by atoms with E-state index in [0.717, 1.165) is 18.5 Å². The molecule has 2 aliphatic rings. The Morgan fingerprint density at radius 1 is 1.17 bits per heavy atom. The molecule has 0 bridgehead atoms. The number of nitrogens with two attached hydrogens (primary N) is 1. The van der Waals surface area contributed by atoms with Gasteiger partial charge in [-0.3, -0.25) is 29.2 Å². The van der Waals surface area contributed by atoms with Crippen LogP contribution in [0.3, 0.4) is 0 Å². The fraction of sp³-hybridized carbons (Fsp3) is 0.381. The number of likely N-dealkylation sites (tertiary alicyclic amines) is 1. The second-order valence-corrected chi connectivity index (χ2v) is 7.66. The molecule has 3 N–H and O–H groups in total. The van der Waals surface area contributed by atoms with Crippen molar-refractivity contribution in [3.8, 4) is 0 Å². The molecule has 1 aromatic heterocycles. The van der Waals surface area contributed by atoms with Crippen LogP contribution in [0.1, 0.15) is 68.5 Å². The summed E-state index contributed by atoms with van der Waals surface area (Å²) in [7, 11) is 0. The molecule has 1 saturated heterocycles. The smallest absolute Gasteiger partial charge is 0.269 e. The molecule has 4 rings (SSSR count). The fourth-order valence-corrected chi connectivity index (χ4v) is 4.12. The molecule has 1 atom stereocenters. The van der Waals surface area contributed by atoms with Gasteiger partial charge in [0.05, 0.1) is 11.1 Å². The second-order valence-electron chi connectivity index (χ2n) is 7.66. The van der Waals surface area contributed by atoms with E-state index in [9.17, 15) is 19.2 Å². The molecular weight excluding hydrogens is 386 g/mol. The molecular formula is C21H23N5O4. The van der Waals surface area contributed by atoms with E-state index < -0.39 is 5.91 Å². The lowest BCUT2D eigenvalue weighted by atomic mass is 9.94. The third-order valence-corrected chi connectivity index (χ3v) is 5.71. The number of aromatic amines is 1. The number of nitrogens with zero attached hydrogens (tertiary/aromatic N) is 3. The minimum Gasteiger partial charge on any atom is -0.364 e. The summed E-state index contributed by atoms with van der Waals surface area (Å²) < 4.78 is 0. The summed E-state index contributed by atoms with van der Waals surface area (Å²) in [6, 6.07) is 8.40. The standard InChI is InChI=1S/C21H23N5O4/c22-19(28)17-11-16(23-24-17)13-5-3-9-25(12-13)18(27)8-4-10-26-20(29)14-6-1-2-7-15(14)21(26)30/h1-2,6-7,11,13H,3-5,8-10,12H2,(H2,22,28)(H,23,24)/t13-/m0/s1. The zero-order chi connectivity index (χ0) is 21.3. The van der Waals surface area contributed by atoms with Crippen LogP contribution in [0, 0.1) is 0 Å². The number of piperidine rings is 1. The highest BCUT2D eigenvalue weighted by Crippen LogP contribution is 2.27. The van der Waals surface area contributed by atoms with E-state index in [1.165, 1.54) is 4.90 Å². The highest BCUT2D eigenvalue weighted by Gasteiger charge is 2.35. The third-order valence-electron chi connectivity index (χ3n) is 5.71. The molecule has 3 heterocycles. The van der Waals surface area contributed by atoms with Crippen LogP contribution in [-0.2, 0) is 4.79 Å². The quantitative estimate of drug-likeness (QED) is 0.695. The second kappa shape index (κ2) is 8.10. The Kier molecular flexibility index (Phi) is 5.35. The number of nitrogens with one attached hydrogen (secondary N) is 1. The number of hydrogen-bond acceptors (Lipinski definition) is 5. The summed E-state index contributed by atoms with van der Waals surface area (Å²) in [5.41, 5.74) is 7.07. The Balaban J connectivity index is 1.30. The molecule has 0 radical (unpaired) electrons. The number of H-pyrrole nitrogens is 1. The number of carbonyl (C=O) groups excluding carboxylic acids is 4. The first-order chi connectivity index (χ1) is 14.5. The molecule has 30 heavy (non-hydrogen) atoms. The van der Waals surface area contributed by atoms with Gasteiger partial charge in [-0.1, -0.05) is 12.1 Å². The molecule has 2 aliphatic heterocycles.